The second-order valence-corrected chi connectivity index (χ2v) is 9.69. The molecule has 0 bridgehead atoms. The molecule has 0 aliphatic heterocycles. The van der Waals surface area contributed by atoms with Gasteiger partial charge in [0.05, 0.1) is 35.7 Å². The van der Waals surface area contributed by atoms with Gasteiger partial charge in [0.2, 0.25) is 5.91 Å². The molecule has 10 heteroatoms. The van der Waals surface area contributed by atoms with Gasteiger partial charge in [-0.1, -0.05) is 30.0 Å². The van der Waals surface area contributed by atoms with Gasteiger partial charge >= 0.3 is 0 Å². The number of hydrogen-bond donors (Lipinski definition) is 1. The number of pyridine rings is 1. The number of carbonyl (C=O) groups is 1. The van der Waals surface area contributed by atoms with Crippen LogP contribution < -0.4 is 14.8 Å². The lowest BCUT2D eigenvalue weighted by Gasteiger charge is -2.16. The summed E-state index contributed by atoms with van der Waals surface area (Å²) in [5, 5.41) is 23.7. The molecule has 4 rings (SSSR count). The fourth-order valence-corrected chi connectivity index (χ4v) is 4.71. The predicted octanol–water partition coefficient (Wildman–Crippen LogP) is 6.33. The van der Waals surface area contributed by atoms with Crippen LogP contribution in [0.1, 0.15) is 12.5 Å². The van der Waals surface area contributed by atoms with E-state index in [-0.39, 0.29) is 11.6 Å². The number of aromatic nitrogens is 1. The van der Waals surface area contributed by atoms with Gasteiger partial charge in [-0.05, 0) is 61.0 Å². The summed E-state index contributed by atoms with van der Waals surface area (Å²) in [5.41, 5.74) is 3.40. The van der Waals surface area contributed by atoms with Crippen molar-refractivity contribution < 1.29 is 19.2 Å². The van der Waals surface area contributed by atoms with Crippen molar-refractivity contribution in [3.05, 3.63) is 94.5 Å². The zero-order chi connectivity index (χ0) is 27.9. The first-order valence-electron chi connectivity index (χ1n) is 11.8. The summed E-state index contributed by atoms with van der Waals surface area (Å²) in [6.07, 6.45) is 0. The van der Waals surface area contributed by atoms with E-state index >= 15 is 0 Å². The summed E-state index contributed by atoms with van der Waals surface area (Å²) >= 11 is 1.14. The Kier molecular flexibility index (Phi) is 8.43. The van der Waals surface area contributed by atoms with Gasteiger partial charge in [-0.3, -0.25) is 14.9 Å². The molecule has 0 radical (unpaired) electrons. The lowest BCUT2D eigenvalue weighted by Crippen LogP contribution is -2.22. The van der Waals surface area contributed by atoms with Gasteiger partial charge in [0.25, 0.3) is 5.69 Å². The molecule has 0 unspecified atom stereocenters. The van der Waals surface area contributed by atoms with E-state index in [1.54, 1.807) is 27.2 Å². The molecule has 9 nitrogen and oxygen atoms in total. The maximum Gasteiger partial charge on any atom is 0.271 e. The van der Waals surface area contributed by atoms with Gasteiger partial charge in [-0.2, -0.15) is 5.26 Å². The van der Waals surface area contributed by atoms with Crippen molar-refractivity contribution in [1.82, 2.24) is 4.98 Å². The topological polar surface area (TPSA) is 127 Å². The first-order chi connectivity index (χ1) is 18.8. The van der Waals surface area contributed by atoms with E-state index in [2.05, 4.69) is 11.4 Å². The van der Waals surface area contributed by atoms with E-state index < -0.39 is 10.2 Å². The van der Waals surface area contributed by atoms with Gasteiger partial charge in [0.15, 0.2) is 0 Å². The number of nitrogens with zero attached hydrogens (tertiary/aromatic N) is 3. The largest absolute Gasteiger partial charge is 0.497 e. The normalized spacial score (nSPS) is 11.2. The Morgan fingerprint density at radius 1 is 1.00 bits per heavy atom. The number of nitrogens with one attached hydrogen (secondary N) is 1. The van der Waals surface area contributed by atoms with E-state index in [9.17, 15) is 20.2 Å². The number of nitro groups is 1. The highest BCUT2D eigenvalue weighted by Crippen LogP contribution is 2.37. The van der Waals surface area contributed by atoms with Crippen LogP contribution in [0.5, 0.6) is 11.5 Å². The van der Waals surface area contributed by atoms with Gasteiger partial charge in [0, 0.05) is 28.9 Å². The predicted molar refractivity (Wildman–Crippen MR) is 150 cm³/mol. The SMILES string of the molecule is COc1ccc(-c2cc(-c3ccc(OC)cc3)c(C#N)c(S[C@H](C)C(=O)Nc3cccc([N+](=O)[O-])c3)n2)cc1. The summed E-state index contributed by atoms with van der Waals surface area (Å²) in [4.78, 5) is 28.3. The van der Waals surface area contributed by atoms with Gasteiger partial charge < -0.3 is 14.8 Å². The number of nitro benzene ring substituents is 1. The number of non-ortho nitro benzene ring substituents is 1. The van der Waals surface area contributed by atoms with Crippen molar-refractivity contribution >= 4 is 29.0 Å². The van der Waals surface area contributed by atoms with Gasteiger partial charge in [0.1, 0.15) is 22.6 Å². The number of methoxy groups -OCH3 is 2. The molecule has 0 saturated heterocycles. The summed E-state index contributed by atoms with van der Waals surface area (Å²) < 4.78 is 10.5. The van der Waals surface area contributed by atoms with Crippen molar-refractivity contribution in [3.8, 4) is 40.0 Å². The number of hydrogen-bond acceptors (Lipinski definition) is 8. The average molecular weight is 541 g/mol. The number of rotatable bonds is 9. The van der Waals surface area contributed by atoms with Crippen LogP contribution in [0.4, 0.5) is 11.4 Å². The molecule has 1 amide bonds. The van der Waals surface area contributed by atoms with Gasteiger partial charge in [-0.25, -0.2) is 4.98 Å². The van der Waals surface area contributed by atoms with Crippen molar-refractivity contribution in [3.63, 3.8) is 0 Å². The van der Waals surface area contributed by atoms with Crippen LogP contribution in [0.2, 0.25) is 0 Å². The molecular weight excluding hydrogens is 516 g/mol. The molecule has 0 aliphatic carbocycles. The maximum absolute atomic E-state index is 13.0. The molecule has 196 valence electrons. The van der Waals surface area contributed by atoms with Crippen LogP contribution in [0.3, 0.4) is 0 Å². The smallest absolute Gasteiger partial charge is 0.271 e. The molecule has 0 fully saturated rings. The lowest BCUT2D eigenvalue weighted by molar-refractivity contribution is -0.384. The van der Waals surface area contributed by atoms with E-state index in [4.69, 9.17) is 14.5 Å². The third-order valence-electron chi connectivity index (χ3n) is 5.87. The number of nitriles is 1. The van der Waals surface area contributed by atoms with E-state index in [1.165, 1.54) is 18.2 Å². The lowest BCUT2D eigenvalue weighted by atomic mass is 9.99. The van der Waals surface area contributed by atoms with Crippen LogP contribution in [-0.4, -0.2) is 35.3 Å². The Morgan fingerprint density at radius 2 is 1.62 bits per heavy atom. The molecule has 4 aromatic rings. The van der Waals surface area contributed by atoms with Crippen molar-refractivity contribution in [2.24, 2.45) is 0 Å². The molecule has 1 atom stereocenters. The molecular formula is C29H24N4O5S. The van der Waals surface area contributed by atoms with E-state index in [0.717, 1.165) is 22.9 Å². The molecule has 39 heavy (non-hydrogen) atoms. The van der Waals surface area contributed by atoms with Crippen LogP contribution in [0.25, 0.3) is 22.4 Å². The Labute approximate surface area is 229 Å². The van der Waals surface area contributed by atoms with Gasteiger partial charge in [-0.15, -0.1) is 0 Å². The number of thioether (sulfide) groups is 1. The van der Waals surface area contributed by atoms with E-state index in [1.807, 2.05) is 54.6 Å². The third kappa shape index (κ3) is 6.34. The van der Waals surface area contributed by atoms with Crippen LogP contribution in [0, 0.1) is 21.4 Å². The third-order valence-corrected chi connectivity index (χ3v) is 6.95. The quantitative estimate of drug-likeness (QED) is 0.148. The number of anilines is 1. The Hall–Kier alpha value is -4.88. The van der Waals surface area contributed by atoms with Crippen molar-refractivity contribution in [2.45, 2.75) is 17.2 Å². The van der Waals surface area contributed by atoms with Crippen LogP contribution >= 0.6 is 11.8 Å². The number of carbonyl (C=O) groups excluding carboxylic acids is 1. The Morgan fingerprint density at radius 3 is 2.18 bits per heavy atom. The molecule has 1 heterocycles. The second kappa shape index (κ2) is 12.1. The van der Waals surface area contributed by atoms with Crippen LogP contribution in [0.15, 0.2) is 83.9 Å². The van der Waals surface area contributed by atoms with Crippen molar-refractivity contribution in [2.75, 3.05) is 19.5 Å². The fourth-order valence-electron chi connectivity index (χ4n) is 3.78. The minimum Gasteiger partial charge on any atom is -0.497 e. The molecule has 0 saturated carbocycles. The average Bonchev–Trinajstić information content (AvgIpc) is 2.97. The monoisotopic (exact) mass is 540 g/mol. The zero-order valence-corrected chi connectivity index (χ0v) is 22.2. The highest BCUT2D eigenvalue weighted by Gasteiger charge is 2.22. The summed E-state index contributed by atoms with van der Waals surface area (Å²) in [5.74, 6) is 0.999. The van der Waals surface area contributed by atoms with E-state index in [0.29, 0.717) is 39.0 Å². The number of ether oxygens (including phenoxy) is 2. The highest BCUT2D eigenvalue weighted by atomic mass is 32.2. The summed E-state index contributed by atoms with van der Waals surface area (Å²) in [7, 11) is 3.17. The Bertz CT molecular complexity index is 1550. The summed E-state index contributed by atoms with van der Waals surface area (Å²) in [6, 6.07) is 24.6. The molecule has 1 aromatic heterocycles. The highest BCUT2D eigenvalue weighted by molar-refractivity contribution is 8.00. The van der Waals surface area contributed by atoms with Crippen molar-refractivity contribution in [1.29, 1.82) is 5.26 Å². The second-order valence-electron chi connectivity index (χ2n) is 8.36. The number of benzene rings is 3. The molecule has 1 N–H and O–H groups in total. The first kappa shape index (κ1) is 27.2. The first-order valence-corrected chi connectivity index (χ1v) is 12.7. The zero-order valence-electron chi connectivity index (χ0n) is 21.4. The Balaban J connectivity index is 1.72. The molecule has 0 spiro atoms. The molecule has 0 aliphatic rings. The summed E-state index contributed by atoms with van der Waals surface area (Å²) in [6.45, 7) is 1.69. The maximum atomic E-state index is 13.0. The fraction of sp³-hybridized carbons (Fsp3) is 0.138. The molecule has 3 aromatic carbocycles. The number of amides is 1. The van der Waals surface area contributed by atoms with Crippen LogP contribution in [-0.2, 0) is 4.79 Å². The minimum absolute atomic E-state index is 0.127. The minimum atomic E-state index is -0.668. The standard InChI is InChI=1S/C29H24N4O5S/c1-18(28(34)31-21-5-4-6-22(15-21)33(35)36)39-29-26(17-30)25(19-7-11-23(37-2)12-8-19)16-27(32-29)20-9-13-24(38-3)14-10-20/h4-16,18H,1-3H3,(H,31,34)/t18-/m1/s1.